The maximum Gasteiger partial charge on any atom is 0.336 e. The highest BCUT2D eigenvalue weighted by atomic mass is 32.1. The Morgan fingerprint density at radius 1 is 1.14 bits per heavy atom. The van der Waals surface area contributed by atoms with Gasteiger partial charge in [0.1, 0.15) is 5.82 Å². The molecule has 6 heteroatoms. The van der Waals surface area contributed by atoms with Crippen LogP contribution in [0, 0.1) is 0 Å². The molecule has 0 bridgehead atoms. The summed E-state index contributed by atoms with van der Waals surface area (Å²) < 4.78 is 1.90. The van der Waals surface area contributed by atoms with Crippen LogP contribution in [0.25, 0.3) is 11.1 Å². The van der Waals surface area contributed by atoms with Crippen molar-refractivity contribution in [3.8, 4) is 11.1 Å². The fourth-order valence-electron chi connectivity index (χ4n) is 2.97. The third-order valence-corrected chi connectivity index (χ3v) is 4.52. The molecule has 3 aromatic rings. The van der Waals surface area contributed by atoms with E-state index in [1.807, 2.05) is 60.2 Å². The van der Waals surface area contributed by atoms with Gasteiger partial charge in [-0.05, 0) is 35.0 Å². The van der Waals surface area contributed by atoms with Crippen LogP contribution < -0.4 is 0 Å². The largest absolute Gasteiger partial charge is 0.478 e. The molecule has 0 amide bonds. The lowest BCUT2D eigenvalue weighted by Gasteiger charge is -2.08. The number of benzene rings is 2. The van der Waals surface area contributed by atoms with Gasteiger partial charge < -0.3 is 5.11 Å². The molecule has 1 N–H and O–H groups in total. The van der Waals surface area contributed by atoms with Crippen LogP contribution in [0.3, 0.4) is 0 Å². The van der Waals surface area contributed by atoms with Gasteiger partial charge >= 0.3 is 5.97 Å². The van der Waals surface area contributed by atoms with E-state index >= 15 is 0 Å². The highest BCUT2D eigenvalue weighted by Crippen LogP contribution is 2.24. The molecule has 1 heterocycles. The molecule has 142 valence electrons. The van der Waals surface area contributed by atoms with Crippen molar-refractivity contribution >= 4 is 23.6 Å². The average Bonchev–Trinajstić information content (AvgIpc) is 3.08. The first-order valence-corrected chi connectivity index (χ1v) is 9.48. The molecule has 0 unspecified atom stereocenters. The monoisotopic (exact) mass is 391 g/mol. The summed E-state index contributed by atoms with van der Waals surface area (Å²) in [5.74, 6) is 0.689. The van der Waals surface area contributed by atoms with Crippen LogP contribution in [0.5, 0.6) is 0 Å². The number of carbonyl (C=O) groups is 1. The van der Waals surface area contributed by atoms with Crippen molar-refractivity contribution in [2.45, 2.75) is 26.3 Å². The number of nitrogens with zero attached hydrogens (tertiary/aromatic N) is 3. The zero-order chi connectivity index (χ0) is 19.9. The first-order valence-electron chi connectivity index (χ1n) is 9.01. The van der Waals surface area contributed by atoms with E-state index in [4.69, 9.17) is 12.2 Å². The highest BCUT2D eigenvalue weighted by Gasteiger charge is 2.12. The molecule has 2 aromatic carbocycles. The average molecular weight is 391 g/mol. The van der Waals surface area contributed by atoms with E-state index < -0.39 is 5.97 Å². The maximum absolute atomic E-state index is 11.4. The summed E-state index contributed by atoms with van der Waals surface area (Å²) >= 11 is 4.92. The molecule has 0 aliphatic rings. The molecular weight excluding hydrogens is 370 g/mol. The van der Waals surface area contributed by atoms with Crippen LogP contribution >= 0.6 is 12.2 Å². The van der Waals surface area contributed by atoms with Crippen molar-refractivity contribution in [3.05, 3.63) is 83.5 Å². The Balaban J connectivity index is 1.85. The zero-order valence-electron chi connectivity index (χ0n) is 15.6. The molecular formula is C22H21N3O2S. The van der Waals surface area contributed by atoms with Gasteiger partial charge in [0.25, 0.3) is 0 Å². The van der Waals surface area contributed by atoms with E-state index in [-0.39, 0.29) is 0 Å². The Hall–Kier alpha value is -3.12. The molecule has 0 aliphatic heterocycles. The second-order valence-electron chi connectivity index (χ2n) is 6.29. The number of carboxylic acid groups (broad SMARTS) is 1. The number of allylic oxidation sites excluding steroid dienone is 2. The topological polar surface area (TPSA) is 68.0 Å². The molecule has 0 aliphatic carbocycles. The fraction of sp³-hybridized carbons (Fsp3) is 0.182. The number of rotatable bonds is 8. The zero-order valence-corrected chi connectivity index (χ0v) is 16.4. The van der Waals surface area contributed by atoms with Crippen LogP contribution in [-0.4, -0.2) is 31.2 Å². The lowest BCUT2D eigenvalue weighted by molar-refractivity contribution is 0.0697. The standard InChI is InChI=1S/C22H21N3O2S/c1-2-3-8-21-23-20(13-14-28)24-25(21)15-16-9-11-17(12-10-16)18-6-4-5-7-19(18)22(26)27/h2-7,9-12,14H,8,13,15H2,1H3,(H,26,27). The van der Waals surface area contributed by atoms with Gasteiger partial charge in [-0.3, -0.25) is 0 Å². The summed E-state index contributed by atoms with van der Waals surface area (Å²) in [6, 6.07) is 14.9. The number of aromatic nitrogens is 3. The summed E-state index contributed by atoms with van der Waals surface area (Å²) in [7, 11) is 0. The molecule has 5 nitrogen and oxygen atoms in total. The van der Waals surface area contributed by atoms with Gasteiger partial charge in [-0.1, -0.05) is 66.8 Å². The Kier molecular flexibility index (Phi) is 6.45. The second kappa shape index (κ2) is 9.19. The summed E-state index contributed by atoms with van der Waals surface area (Å²) in [5.41, 5.74) is 2.94. The van der Waals surface area contributed by atoms with Crippen molar-refractivity contribution in [2.75, 3.05) is 0 Å². The van der Waals surface area contributed by atoms with Crippen molar-refractivity contribution in [1.29, 1.82) is 0 Å². The Morgan fingerprint density at radius 2 is 1.89 bits per heavy atom. The number of thiocarbonyl (C=S) groups is 1. The number of hydrogen-bond donors (Lipinski definition) is 1. The minimum atomic E-state index is -0.929. The van der Waals surface area contributed by atoms with E-state index in [0.717, 1.165) is 22.8 Å². The third-order valence-electron chi connectivity index (χ3n) is 4.35. The Labute approximate surface area is 169 Å². The molecule has 1 aromatic heterocycles. The molecule has 0 fully saturated rings. The first-order chi connectivity index (χ1) is 13.6. The predicted molar refractivity (Wildman–Crippen MR) is 114 cm³/mol. The third kappa shape index (κ3) is 4.58. The van der Waals surface area contributed by atoms with Crippen molar-refractivity contribution < 1.29 is 9.90 Å². The van der Waals surface area contributed by atoms with E-state index in [0.29, 0.717) is 30.5 Å². The Morgan fingerprint density at radius 3 is 2.57 bits per heavy atom. The minimum Gasteiger partial charge on any atom is -0.478 e. The number of carboxylic acids is 1. The summed E-state index contributed by atoms with van der Waals surface area (Å²) in [4.78, 5) is 16.0. The molecule has 3 rings (SSSR count). The van der Waals surface area contributed by atoms with Crippen LogP contribution in [0.1, 0.15) is 34.5 Å². The van der Waals surface area contributed by atoms with Gasteiger partial charge in [-0.15, -0.1) is 0 Å². The molecule has 0 saturated heterocycles. The number of aromatic carboxylic acids is 1. The van der Waals surface area contributed by atoms with Gasteiger partial charge in [0.2, 0.25) is 0 Å². The molecule has 0 radical (unpaired) electrons. The van der Waals surface area contributed by atoms with E-state index in [9.17, 15) is 9.90 Å². The lowest BCUT2D eigenvalue weighted by atomic mass is 9.99. The van der Waals surface area contributed by atoms with Gasteiger partial charge in [0, 0.05) is 12.8 Å². The summed E-state index contributed by atoms with van der Waals surface area (Å²) in [6.07, 6.45) is 5.32. The Bertz CT molecular complexity index is 1010. The second-order valence-corrected chi connectivity index (χ2v) is 6.63. The lowest BCUT2D eigenvalue weighted by Crippen LogP contribution is -2.07. The predicted octanol–water partition coefficient (Wildman–Crippen LogP) is 4.35. The highest BCUT2D eigenvalue weighted by molar-refractivity contribution is 7.78. The SMILES string of the molecule is CC=CCc1nc(CC=S)nn1Cc1ccc(-c2ccccc2C(=O)O)cc1. The number of hydrogen-bond acceptors (Lipinski definition) is 4. The summed E-state index contributed by atoms with van der Waals surface area (Å²) in [6.45, 7) is 2.57. The van der Waals surface area contributed by atoms with E-state index in [1.54, 1.807) is 17.5 Å². The maximum atomic E-state index is 11.4. The van der Waals surface area contributed by atoms with Crippen LogP contribution in [-0.2, 0) is 19.4 Å². The van der Waals surface area contributed by atoms with Crippen molar-refractivity contribution in [2.24, 2.45) is 0 Å². The van der Waals surface area contributed by atoms with E-state index in [2.05, 4.69) is 10.1 Å². The van der Waals surface area contributed by atoms with Crippen LogP contribution in [0.15, 0.2) is 60.7 Å². The quantitative estimate of drug-likeness (QED) is 0.457. The van der Waals surface area contributed by atoms with Crippen LogP contribution in [0.2, 0.25) is 0 Å². The molecule has 0 spiro atoms. The molecule has 28 heavy (non-hydrogen) atoms. The van der Waals surface area contributed by atoms with Gasteiger partial charge in [0.05, 0.1) is 12.1 Å². The summed E-state index contributed by atoms with van der Waals surface area (Å²) in [5, 5.41) is 15.6. The minimum absolute atomic E-state index is 0.296. The van der Waals surface area contributed by atoms with Crippen molar-refractivity contribution in [1.82, 2.24) is 14.8 Å². The molecule has 0 saturated carbocycles. The molecule has 0 atom stereocenters. The smallest absolute Gasteiger partial charge is 0.336 e. The fourth-order valence-corrected chi connectivity index (χ4v) is 3.12. The van der Waals surface area contributed by atoms with Gasteiger partial charge in [-0.2, -0.15) is 5.10 Å². The van der Waals surface area contributed by atoms with Gasteiger partial charge in [0.15, 0.2) is 5.82 Å². The van der Waals surface area contributed by atoms with E-state index in [1.165, 1.54) is 0 Å². The normalized spacial score (nSPS) is 11.0. The van der Waals surface area contributed by atoms with Gasteiger partial charge in [-0.25, -0.2) is 14.5 Å². The van der Waals surface area contributed by atoms with Crippen molar-refractivity contribution in [3.63, 3.8) is 0 Å². The first kappa shape index (κ1) is 19.6. The van der Waals surface area contributed by atoms with Crippen LogP contribution in [0.4, 0.5) is 0 Å².